The molecule has 134 valence electrons. The third-order valence-electron chi connectivity index (χ3n) is 3.13. The number of nitrogens with one attached hydrogen (secondary N) is 1. The minimum Gasteiger partial charge on any atom is -0.387 e. The minimum absolute atomic E-state index is 0.0295. The molecular weight excluding hydrogens is 388 g/mol. The molecule has 0 aromatic carbocycles. The fraction of sp³-hybridized carbons (Fsp3) is 0.545. The molecule has 2 rings (SSSR count). The maximum Gasteiger partial charge on any atom is 0.380 e. The van der Waals surface area contributed by atoms with Crippen LogP contribution in [0.15, 0.2) is 17.1 Å². The molecule has 10 nitrogen and oxygen atoms in total. The second-order valence-electron chi connectivity index (χ2n) is 4.94. The maximum absolute atomic E-state index is 12.0. The number of aliphatic hydroxyl groups excluding tert-OH is 2. The Morgan fingerprint density at radius 2 is 2.17 bits per heavy atom. The Kier molecular flexibility index (Phi) is 6.03. The van der Waals surface area contributed by atoms with E-state index in [-0.39, 0.29) is 5.82 Å². The van der Waals surface area contributed by atoms with Crippen molar-refractivity contribution in [2.24, 2.45) is 0 Å². The van der Waals surface area contributed by atoms with Crippen LogP contribution in [0.5, 0.6) is 0 Å². The second-order valence-corrected chi connectivity index (χ2v) is 9.22. The van der Waals surface area contributed by atoms with E-state index in [1.54, 1.807) is 0 Å². The first-order valence-electron chi connectivity index (χ1n) is 6.61. The van der Waals surface area contributed by atoms with E-state index in [2.05, 4.69) is 14.8 Å². The molecule has 0 bridgehead atoms. The molecule has 1 saturated heterocycles. The number of aromatic nitrogens is 2. The van der Waals surface area contributed by atoms with E-state index in [1.165, 1.54) is 19.2 Å². The summed E-state index contributed by atoms with van der Waals surface area (Å²) in [5.74, 6) is -0.377. The van der Waals surface area contributed by atoms with Gasteiger partial charge in [-0.3, -0.25) is 13.9 Å². The lowest BCUT2D eigenvalue weighted by atomic mass is 10.1. The van der Waals surface area contributed by atoms with Crippen LogP contribution in [0, 0.1) is 0 Å². The highest BCUT2D eigenvalue weighted by Gasteiger charge is 2.44. The number of hydrogen-bond donors (Lipinski definition) is 3. The Labute approximate surface area is 145 Å². The molecule has 1 fully saturated rings. The van der Waals surface area contributed by atoms with E-state index in [9.17, 15) is 24.4 Å². The molecule has 2 heterocycles. The number of amides is 1. The minimum atomic E-state index is -3.84. The van der Waals surface area contributed by atoms with Crippen molar-refractivity contribution in [3.63, 3.8) is 0 Å². The summed E-state index contributed by atoms with van der Waals surface area (Å²) in [6.45, 7) is 0.801. The van der Waals surface area contributed by atoms with Crippen LogP contribution in [-0.4, -0.2) is 50.6 Å². The SMILES string of the molecule is CC(=O)Nc1ccn([C@@H]2O[C@H](COP(=O)(Cl)Cl)[C@H](O)C2O)c(=O)n1. The zero-order valence-corrected chi connectivity index (χ0v) is 14.6. The predicted octanol–water partition coefficient (Wildman–Crippen LogP) is 0.423. The number of carbonyl (C=O) groups excluding carboxylic acids is 1. The van der Waals surface area contributed by atoms with Gasteiger partial charge in [0.1, 0.15) is 24.1 Å². The largest absolute Gasteiger partial charge is 0.387 e. The van der Waals surface area contributed by atoms with Crippen LogP contribution in [0.25, 0.3) is 0 Å². The van der Waals surface area contributed by atoms with Crippen molar-refractivity contribution in [2.75, 3.05) is 11.9 Å². The Balaban J connectivity index is 2.16. The van der Waals surface area contributed by atoms with Gasteiger partial charge in [-0.25, -0.2) is 4.79 Å². The van der Waals surface area contributed by atoms with E-state index in [4.69, 9.17) is 27.2 Å². The number of hydrogen-bond acceptors (Lipinski definition) is 8. The van der Waals surface area contributed by atoms with Gasteiger partial charge in [-0.2, -0.15) is 4.98 Å². The Morgan fingerprint density at radius 1 is 1.50 bits per heavy atom. The molecule has 0 saturated carbocycles. The lowest BCUT2D eigenvalue weighted by Gasteiger charge is -2.17. The average molecular weight is 402 g/mol. The monoisotopic (exact) mass is 401 g/mol. The van der Waals surface area contributed by atoms with Crippen molar-refractivity contribution >= 4 is 40.3 Å². The van der Waals surface area contributed by atoms with Crippen molar-refractivity contribution < 1.29 is 28.8 Å². The average Bonchev–Trinajstić information content (AvgIpc) is 2.72. The van der Waals surface area contributed by atoms with Crippen LogP contribution in [0.2, 0.25) is 0 Å². The number of carbonyl (C=O) groups is 1. The van der Waals surface area contributed by atoms with Crippen molar-refractivity contribution in [1.82, 2.24) is 9.55 Å². The number of rotatable bonds is 5. The Bertz CT molecular complexity index is 724. The smallest absolute Gasteiger partial charge is 0.380 e. The summed E-state index contributed by atoms with van der Waals surface area (Å²) in [5, 5.41) is 22.3. The summed E-state index contributed by atoms with van der Waals surface area (Å²) in [6, 6.07) is 1.32. The molecule has 0 radical (unpaired) electrons. The van der Waals surface area contributed by atoms with Crippen LogP contribution >= 0.6 is 28.6 Å². The van der Waals surface area contributed by atoms with E-state index in [0.29, 0.717) is 0 Å². The normalized spacial score (nSPS) is 27.2. The van der Waals surface area contributed by atoms with Gasteiger partial charge in [0.05, 0.1) is 6.61 Å². The number of halogens is 2. The summed E-state index contributed by atoms with van der Waals surface area (Å²) < 4.78 is 22.0. The van der Waals surface area contributed by atoms with Gasteiger partial charge >= 0.3 is 11.8 Å². The summed E-state index contributed by atoms with van der Waals surface area (Å²) >= 11 is 10.5. The molecule has 13 heteroatoms. The van der Waals surface area contributed by atoms with Gasteiger partial charge in [0.2, 0.25) is 5.91 Å². The fourth-order valence-electron chi connectivity index (χ4n) is 2.11. The summed E-state index contributed by atoms with van der Waals surface area (Å²) in [6.07, 6.45) is -7.88. The number of nitrogens with zero attached hydrogens (tertiary/aromatic N) is 2. The van der Waals surface area contributed by atoms with Crippen LogP contribution in [0.1, 0.15) is 13.2 Å². The number of anilines is 1. The molecular formula is C11H14Cl2N3O7P. The number of ether oxygens (including phenoxy) is 1. The summed E-state index contributed by atoms with van der Waals surface area (Å²) in [7, 11) is 0. The van der Waals surface area contributed by atoms with Crippen molar-refractivity contribution in [3.8, 4) is 0 Å². The van der Waals surface area contributed by atoms with Gasteiger partial charge in [-0.1, -0.05) is 0 Å². The van der Waals surface area contributed by atoms with Crippen molar-refractivity contribution in [2.45, 2.75) is 31.5 Å². The molecule has 1 unspecified atom stereocenters. The van der Waals surface area contributed by atoms with Gasteiger partial charge in [0.25, 0.3) is 0 Å². The fourth-order valence-corrected chi connectivity index (χ4v) is 2.77. The molecule has 24 heavy (non-hydrogen) atoms. The van der Waals surface area contributed by atoms with Gasteiger partial charge < -0.3 is 24.8 Å². The standard InChI is InChI=1S/C11H14Cl2N3O7P/c1-5(17)14-7-2-3-16(11(20)15-7)10-9(19)8(18)6(23-10)4-22-24(12,13)21/h2-3,6,8-10,18-19H,4H2,1H3,(H,14,15,17,20)/t6-,8+,9?,10-/m1/s1. The maximum atomic E-state index is 12.0. The first-order chi connectivity index (χ1) is 11.1. The zero-order chi connectivity index (χ0) is 18.1. The molecule has 1 aliphatic rings. The summed E-state index contributed by atoms with van der Waals surface area (Å²) in [4.78, 5) is 26.5. The highest BCUT2D eigenvalue weighted by atomic mass is 35.9. The van der Waals surface area contributed by atoms with E-state index >= 15 is 0 Å². The van der Waals surface area contributed by atoms with E-state index < -0.39 is 48.8 Å². The first kappa shape index (κ1) is 19.3. The van der Waals surface area contributed by atoms with Crippen LogP contribution in [0.3, 0.4) is 0 Å². The summed E-state index contributed by atoms with van der Waals surface area (Å²) in [5.41, 5.74) is -0.820. The zero-order valence-electron chi connectivity index (χ0n) is 12.2. The number of aliphatic hydroxyl groups is 2. The second kappa shape index (κ2) is 7.49. The van der Waals surface area contributed by atoms with Crippen LogP contribution in [-0.2, 0) is 18.6 Å². The lowest BCUT2D eigenvalue weighted by Crippen LogP contribution is -2.36. The highest BCUT2D eigenvalue weighted by molar-refractivity contribution is 8.05. The first-order valence-corrected chi connectivity index (χ1v) is 10.0. The van der Waals surface area contributed by atoms with Crippen LogP contribution < -0.4 is 11.0 Å². The van der Waals surface area contributed by atoms with Crippen LogP contribution in [0.4, 0.5) is 5.82 Å². The molecule has 1 aliphatic heterocycles. The third-order valence-corrected chi connectivity index (χ3v) is 4.17. The van der Waals surface area contributed by atoms with E-state index in [0.717, 1.165) is 4.57 Å². The van der Waals surface area contributed by atoms with Gasteiger partial charge in [0, 0.05) is 13.1 Å². The highest BCUT2D eigenvalue weighted by Crippen LogP contribution is 2.57. The molecule has 1 amide bonds. The molecule has 0 aliphatic carbocycles. The predicted molar refractivity (Wildman–Crippen MR) is 84.0 cm³/mol. The Morgan fingerprint density at radius 3 is 2.71 bits per heavy atom. The molecule has 1 aromatic heterocycles. The molecule has 3 N–H and O–H groups in total. The quantitative estimate of drug-likeness (QED) is 0.603. The third kappa shape index (κ3) is 4.76. The molecule has 4 atom stereocenters. The Hall–Kier alpha value is -1.00. The molecule has 1 aromatic rings. The van der Waals surface area contributed by atoms with Gasteiger partial charge in [0.15, 0.2) is 6.23 Å². The van der Waals surface area contributed by atoms with Gasteiger partial charge in [-0.15, -0.1) is 0 Å². The van der Waals surface area contributed by atoms with E-state index in [1.807, 2.05) is 0 Å². The van der Waals surface area contributed by atoms with Crippen molar-refractivity contribution in [1.29, 1.82) is 0 Å². The topological polar surface area (TPSA) is 140 Å². The lowest BCUT2D eigenvalue weighted by molar-refractivity contribution is -0.114. The van der Waals surface area contributed by atoms with Crippen molar-refractivity contribution in [3.05, 3.63) is 22.7 Å². The molecule has 0 spiro atoms. The van der Waals surface area contributed by atoms with Gasteiger partial charge in [-0.05, 0) is 28.5 Å².